The standard InChI is InChI=1S/C28H36Br2/c1-3-5-7-9-11-13-23-24(14-12-10-8-6-4-2)28-20-22(30)16-18-26(28)25-17-15-21(29)19-27(23)25/h15-20H,3-14H2,1-2H3. The number of rotatable bonds is 12. The molecule has 0 atom stereocenters. The molecule has 0 aliphatic rings. The molecule has 3 rings (SSSR count). The van der Waals surface area contributed by atoms with Gasteiger partial charge in [-0.2, -0.15) is 0 Å². The Balaban J connectivity index is 2.03. The van der Waals surface area contributed by atoms with E-state index in [0.29, 0.717) is 0 Å². The Morgan fingerprint density at radius 3 is 1.30 bits per heavy atom. The van der Waals surface area contributed by atoms with Gasteiger partial charge in [0.25, 0.3) is 0 Å². The van der Waals surface area contributed by atoms with Gasteiger partial charge < -0.3 is 0 Å². The van der Waals surface area contributed by atoms with Crippen molar-refractivity contribution < 1.29 is 0 Å². The van der Waals surface area contributed by atoms with Crippen LogP contribution < -0.4 is 0 Å². The van der Waals surface area contributed by atoms with Crippen molar-refractivity contribution in [3.8, 4) is 0 Å². The average molecular weight is 532 g/mol. The Morgan fingerprint density at radius 2 is 0.900 bits per heavy atom. The summed E-state index contributed by atoms with van der Waals surface area (Å²) in [4.78, 5) is 0. The molecule has 0 nitrogen and oxygen atoms in total. The smallest absolute Gasteiger partial charge is 0.0181 e. The zero-order chi connectivity index (χ0) is 21.3. The highest BCUT2D eigenvalue weighted by Gasteiger charge is 2.15. The molecule has 0 amide bonds. The largest absolute Gasteiger partial charge is 0.0654 e. The SMILES string of the molecule is CCCCCCCc1c(CCCCCCC)c2cc(Br)ccc2c2ccc(Br)cc12. The third-order valence-corrected chi connectivity index (χ3v) is 7.32. The zero-order valence-electron chi connectivity index (χ0n) is 18.7. The van der Waals surface area contributed by atoms with E-state index in [9.17, 15) is 0 Å². The molecule has 0 saturated heterocycles. The van der Waals surface area contributed by atoms with Gasteiger partial charge in [0, 0.05) is 8.95 Å². The second-order valence-corrected chi connectivity index (χ2v) is 10.5. The van der Waals surface area contributed by atoms with Crippen LogP contribution in [0.15, 0.2) is 45.3 Å². The molecule has 0 fully saturated rings. The summed E-state index contributed by atoms with van der Waals surface area (Å²) in [6.45, 7) is 4.59. The van der Waals surface area contributed by atoms with E-state index in [1.165, 1.54) is 108 Å². The number of fused-ring (bicyclic) bond motifs is 3. The molecule has 0 aliphatic heterocycles. The first-order chi connectivity index (χ1) is 14.7. The summed E-state index contributed by atoms with van der Waals surface area (Å²) in [7, 11) is 0. The summed E-state index contributed by atoms with van der Waals surface area (Å²) in [5.41, 5.74) is 3.20. The Hall–Kier alpha value is -0.860. The summed E-state index contributed by atoms with van der Waals surface area (Å²) >= 11 is 7.49. The van der Waals surface area contributed by atoms with Crippen LogP contribution in [0.25, 0.3) is 21.5 Å². The highest BCUT2D eigenvalue weighted by atomic mass is 79.9. The van der Waals surface area contributed by atoms with Crippen molar-refractivity contribution in [1.29, 1.82) is 0 Å². The molecule has 0 radical (unpaired) electrons. The number of hydrogen-bond donors (Lipinski definition) is 0. The second-order valence-electron chi connectivity index (χ2n) is 8.67. The normalized spacial score (nSPS) is 11.6. The lowest BCUT2D eigenvalue weighted by atomic mass is 9.86. The highest BCUT2D eigenvalue weighted by Crippen LogP contribution is 2.37. The summed E-state index contributed by atoms with van der Waals surface area (Å²) in [6.07, 6.45) is 15.7. The molecule has 3 aromatic carbocycles. The van der Waals surface area contributed by atoms with Gasteiger partial charge in [0.05, 0.1) is 0 Å². The van der Waals surface area contributed by atoms with E-state index >= 15 is 0 Å². The third kappa shape index (κ3) is 6.10. The lowest BCUT2D eigenvalue weighted by Crippen LogP contribution is -2.00. The first kappa shape index (κ1) is 23.8. The molecule has 162 valence electrons. The molecule has 0 N–H and O–H groups in total. The number of unbranched alkanes of at least 4 members (excludes halogenated alkanes) is 8. The quantitative estimate of drug-likeness (QED) is 0.161. The Bertz CT molecular complexity index is 879. The maximum atomic E-state index is 3.74. The monoisotopic (exact) mass is 530 g/mol. The van der Waals surface area contributed by atoms with Crippen LogP contribution >= 0.6 is 31.9 Å². The van der Waals surface area contributed by atoms with Gasteiger partial charge in [0.1, 0.15) is 0 Å². The third-order valence-electron chi connectivity index (χ3n) is 6.33. The van der Waals surface area contributed by atoms with E-state index in [0.717, 1.165) is 0 Å². The van der Waals surface area contributed by atoms with Crippen molar-refractivity contribution in [2.24, 2.45) is 0 Å². The first-order valence-corrected chi connectivity index (χ1v) is 13.6. The highest BCUT2D eigenvalue weighted by molar-refractivity contribution is 9.10. The summed E-state index contributed by atoms with van der Waals surface area (Å²) in [6, 6.07) is 13.7. The molecule has 0 saturated carbocycles. The fourth-order valence-corrected chi connectivity index (χ4v) is 5.43. The van der Waals surface area contributed by atoms with Crippen LogP contribution in [0.2, 0.25) is 0 Å². The molecule has 0 bridgehead atoms. The Labute approximate surface area is 200 Å². The number of halogens is 2. The summed E-state index contributed by atoms with van der Waals surface area (Å²) < 4.78 is 2.38. The van der Waals surface area contributed by atoms with Crippen LogP contribution in [-0.4, -0.2) is 0 Å². The van der Waals surface area contributed by atoms with Gasteiger partial charge in [0.15, 0.2) is 0 Å². The predicted molar refractivity (Wildman–Crippen MR) is 142 cm³/mol. The Kier molecular flexibility index (Phi) is 9.71. The van der Waals surface area contributed by atoms with Gasteiger partial charge in [-0.15, -0.1) is 0 Å². The van der Waals surface area contributed by atoms with Crippen LogP contribution in [0.5, 0.6) is 0 Å². The molecule has 0 spiro atoms. The number of aryl methyl sites for hydroxylation is 2. The first-order valence-electron chi connectivity index (χ1n) is 12.0. The van der Waals surface area contributed by atoms with Crippen LogP contribution in [0.4, 0.5) is 0 Å². The maximum absolute atomic E-state index is 3.74. The molecule has 0 aromatic heterocycles. The van der Waals surface area contributed by atoms with E-state index < -0.39 is 0 Å². The van der Waals surface area contributed by atoms with Crippen LogP contribution in [-0.2, 0) is 12.8 Å². The van der Waals surface area contributed by atoms with E-state index in [1.807, 2.05) is 0 Å². The minimum absolute atomic E-state index is 1.19. The number of benzene rings is 3. The molecule has 2 heteroatoms. The molecule has 0 aliphatic carbocycles. The van der Waals surface area contributed by atoms with Crippen molar-refractivity contribution in [3.63, 3.8) is 0 Å². The summed E-state index contributed by atoms with van der Waals surface area (Å²) in [5, 5.41) is 5.72. The summed E-state index contributed by atoms with van der Waals surface area (Å²) in [5.74, 6) is 0. The fourth-order valence-electron chi connectivity index (χ4n) is 4.71. The van der Waals surface area contributed by atoms with E-state index in [-0.39, 0.29) is 0 Å². The van der Waals surface area contributed by atoms with Crippen molar-refractivity contribution in [1.82, 2.24) is 0 Å². The maximum Gasteiger partial charge on any atom is 0.0181 e. The van der Waals surface area contributed by atoms with Crippen LogP contribution in [0.1, 0.15) is 89.2 Å². The van der Waals surface area contributed by atoms with Crippen molar-refractivity contribution in [2.45, 2.75) is 90.9 Å². The molecule has 0 unspecified atom stereocenters. The zero-order valence-corrected chi connectivity index (χ0v) is 21.9. The molecular formula is C28H36Br2. The minimum atomic E-state index is 1.19. The average Bonchev–Trinajstić information content (AvgIpc) is 2.74. The van der Waals surface area contributed by atoms with Gasteiger partial charge in [-0.3, -0.25) is 0 Å². The van der Waals surface area contributed by atoms with E-state index in [1.54, 1.807) is 11.1 Å². The molecule has 30 heavy (non-hydrogen) atoms. The van der Waals surface area contributed by atoms with Crippen LogP contribution in [0, 0.1) is 0 Å². The number of hydrogen-bond acceptors (Lipinski definition) is 0. The topological polar surface area (TPSA) is 0 Å². The Morgan fingerprint density at radius 1 is 0.500 bits per heavy atom. The molecule has 0 heterocycles. The van der Waals surface area contributed by atoms with E-state index in [4.69, 9.17) is 0 Å². The fraction of sp³-hybridized carbons (Fsp3) is 0.500. The second kappa shape index (κ2) is 12.2. The predicted octanol–water partition coefficient (Wildman–Crippen LogP) is 10.5. The van der Waals surface area contributed by atoms with Crippen LogP contribution in [0.3, 0.4) is 0 Å². The van der Waals surface area contributed by atoms with Gasteiger partial charge in [-0.1, -0.05) is 109 Å². The lowest BCUT2D eigenvalue weighted by Gasteiger charge is -2.19. The van der Waals surface area contributed by atoms with Crippen molar-refractivity contribution >= 4 is 53.4 Å². The minimum Gasteiger partial charge on any atom is -0.0654 e. The van der Waals surface area contributed by atoms with E-state index in [2.05, 4.69) is 82.1 Å². The van der Waals surface area contributed by atoms with Gasteiger partial charge in [0.2, 0.25) is 0 Å². The van der Waals surface area contributed by atoms with Crippen molar-refractivity contribution in [2.75, 3.05) is 0 Å². The lowest BCUT2D eigenvalue weighted by molar-refractivity contribution is 0.623. The molecule has 3 aromatic rings. The van der Waals surface area contributed by atoms with Crippen molar-refractivity contribution in [3.05, 3.63) is 56.5 Å². The van der Waals surface area contributed by atoms with Gasteiger partial charge in [-0.05, 0) is 82.6 Å². The molecular weight excluding hydrogens is 496 g/mol. The van der Waals surface area contributed by atoms with Gasteiger partial charge >= 0.3 is 0 Å². The van der Waals surface area contributed by atoms with Gasteiger partial charge in [-0.25, -0.2) is 0 Å².